The van der Waals surface area contributed by atoms with Crippen LogP contribution >= 0.6 is 0 Å². The van der Waals surface area contributed by atoms with Crippen LogP contribution in [0.3, 0.4) is 0 Å². The third kappa shape index (κ3) is 0.809. The molecule has 1 aromatic rings. The van der Waals surface area contributed by atoms with Gasteiger partial charge in [0.2, 0.25) is 0 Å². The number of hydrogen-bond acceptors (Lipinski definition) is 4. The number of esters is 1. The molecule has 4 nitrogen and oxygen atoms in total. The SMILES string of the molecule is CC1(C)OC(=O)c2nccnc21. The topological polar surface area (TPSA) is 52.1 Å². The Morgan fingerprint density at radius 1 is 1.33 bits per heavy atom. The minimum absolute atomic E-state index is 0.336. The fourth-order valence-corrected chi connectivity index (χ4v) is 1.26. The molecule has 0 bridgehead atoms. The molecular weight excluding hydrogens is 156 g/mol. The van der Waals surface area contributed by atoms with Crippen molar-refractivity contribution in [1.82, 2.24) is 9.97 Å². The normalized spacial score (nSPS) is 18.7. The van der Waals surface area contributed by atoms with Crippen LogP contribution in [0.25, 0.3) is 0 Å². The van der Waals surface area contributed by atoms with Crippen molar-refractivity contribution in [3.8, 4) is 0 Å². The van der Waals surface area contributed by atoms with Gasteiger partial charge in [-0.15, -0.1) is 0 Å². The number of carbonyl (C=O) groups excluding carboxylic acids is 1. The predicted octanol–water partition coefficient (Wildman–Crippen LogP) is 0.882. The van der Waals surface area contributed by atoms with Gasteiger partial charge >= 0.3 is 5.97 Å². The molecule has 0 spiro atoms. The molecule has 0 aromatic carbocycles. The maximum absolute atomic E-state index is 11.2. The minimum atomic E-state index is -0.624. The van der Waals surface area contributed by atoms with Gasteiger partial charge in [-0.1, -0.05) is 0 Å². The Morgan fingerprint density at radius 3 is 2.67 bits per heavy atom. The van der Waals surface area contributed by atoms with Gasteiger partial charge in [-0.3, -0.25) is 4.98 Å². The zero-order valence-corrected chi connectivity index (χ0v) is 6.87. The number of fused-ring (bicyclic) bond motifs is 1. The summed E-state index contributed by atoms with van der Waals surface area (Å²) in [6, 6.07) is 0. The van der Waals surface area contributed by atoms with E-state index in [4.69, 9.17) is 4.74 Å². The average molecular weight is 164 g/mol. The monoisotopic (exact) mass is 164 g/mol. The van der Waals surface area contributed by atoms with E-state index in [0.717, 1.165) is 0 Å². The third-order valence-electron chi connectivity index (χ3n) is 1.81. The van der Waals surface area contributed by atoms with Crippen LogP contribution < -0.4 is 0 Å². The second-order valence-corrected chi connectivity index (χ2v) is 3.15. The molecule has 0 fully saturated rings. The summed E-state index contributed by atoms with van der Waals surface area (Å²) < 4.78 is 5.06. The first-order chi connectivity index (χ1) is 5.61. The van der Waals surface area contributed by atoms with E-state index < -0.39 is 5.60 Å². The quantitative estimate of drug-likeness (QED) is 0.534. The van der Waals surface area contributed by atoms with Crippen molar-refractivity contribution >= 4 is 5.97 Å². The van der Waals surface area contributed by atoms with Crippen molar-refractivity contribution in [3.05, 3.63) is 23.8 Å². The maximum Gasteiger partial charge on any atom is 0.359 e. The molecule has 0 N–H and O–H groups in total. The summed E-state index contributed by atoms with van der Waals surface area (Å²) in [7, 11) is 0. The van der Waals surface area contributed by atoms with E-state index in [9.17, 15) is 4.79 Å². The van der Waals surface area contributed by atoms with E-state index in [2.05, 4.69) is 9.97 Å². The van der Waals surface area contributed by atoms with Crippen LogP contribution in [0.4, 0.5) is 0 Å². The molecule has 0 aliphatic carbocycles. The Balaban J connectivity index is 2.66. The summed E-state index contributed by atoms with van der Waals surface area (Å²) in [6.45, 7) is 3.59. The molecule has 1 aliphatic heterocycles. The van der Waals surface area contributed by atoms with E-state index in [1.807, 2.05) is 0 Å². The highest BCUT2D eigenvalue weighted by molar-refractivity contribution is 5.91. The Morgan fingerprint density at radius 2 is 2.00 bits per heavy atom. The first kappa shape index (κ1) is 7.21. The van der Waals surface area contributed by atoms with Crippen molar-refractivity contribution in [2.75, 3.05) is 0 Å². The van der Waals surface area contributed by atoms with Crippen LogP contribution in [0.5, 0.6) is 0 Å². The standard InChI is InChI=1S/C8H8N2O2/c1-8(2)6-5(7(11)12-8)9-3-4-10-6/h3-4H,1-2H3. The maximum atomic E-state index is 11.2. The van der Waals surface area contributed by atoms with E-state index in [-0.39, 0.29) is 5.97 Å². The largest absolute Gasteiger partial charge is 0.448 e. The highest BCUT2D eigenvalue weighted by Crippen LogP contribution is 2.32. The Bertz CT molecular complexity index is 347. The lowest BCUT2D eigenvalue weighted by molar-refractivity contribution is 0.00814. The van der Waals surface area contributed by atoms with Crippen molar-refractivity contribution in [3.63, 3.8) is 0 Å². The number of nitrogens with zero attached hydrogens (tertiary/aromatic N) is 2. The van der Waals surface area contributed by atoms with Crippen LogP contribution in [0.15, 0.2) is 12.4 Å². The second-order valence-electron chi connectivity index (χ2n) is 3.15. The number of carbonyl (C=O) groups is 1. The van der Waals surface area contributed by atoms with E-state index >= 15 is 0 Å². The summed E-state index contributed by atoms with van der Waals surface area (Å²) in [5.74, 6) is -0.386. The van der Waals surface area contributed by atoms with Gasteiger partial charge in [0.15, 0.2) is 11.3 Å². The van der Waals surface area contributed by atoms with Crippen molar-refractivity contribution in [1.29, 1.82) is 0 Å². The molecule has 0 atom stereocenters. The smallest absolute Gasteiger partial charge is 0.359 e. The molecule has 2 heterocycles. The van der Waals surface area contributed by atoms with Gasteiger partial charge in [-0.2, -0.15) is 0 Å². The van der Waals surface area contributed by atoms with Gasteiger partial charge in [0, 0.05) is 12.4 Å². The van der Waals surface area contributed by atoms with Crippen LogP contribution in [0, 0.1) is 0 Å². The van der Waals surface area contributed by atoms with Gasteiger partial charge < -0.3 is 4.74 Å². The van der Waals surface area contributed by atoms with Crippen LogP contribution in [-0.2, 0) is 10.3 Å². The molecular formula is C8H8N2O2. The molecule has 1 aromatic heterocycles. The molecule has 1 aliphatic rings. The summed E-state index contributed by atoms with van der Waals surface area (Å²) in [5.41, 5.74) is 0.332. The first-order valence-electron chi connectivity index (χ1n) is 3.66. The number of rotatable bonds is 0. The fraction of sp³-hybridized carbons (Fsp3) is 0.375. The lowest BCUT2D eigenvalue weighted by atomic mass is 10.1. The first-order valence-corrected chi connectivity index (χ1v) is 3.66. The highest BCUT2D eigenvalue weighted by Gasteiger charge is 2.40. The van der Waals surface area contributed by atoms with Crippen molar-refractivity contribution in [2.45, 2.75) is 19.4 Å². The number of cyclic esters (lactones) is 1. The molecule has 0 unspecified atom stereocenters. The second kappa shape index (κ2) is 2.03. The highest BCUT2D eigenvalue weighted by atomic mass is 16.6. The molecule has 0 amide bonds. The van der Waals surface area contributed by atoms with Gasteiger partial charge in [-0.05, 0) is 13.8 Å². The zero-order valence-electron chi connectivity index (χ0n) is 6.87. The fourth-order valence-electron chi connectivity index (χ4n) is 1.26. The Labute approximate surface area is 69.6 Å². The zero-order chi connectivity index (χ0) is 8.77. The van der Waals surface area contributed by atoms with Crippen molar-refractivity contribution in [2.24, 2.45) is 0 Å². The number of hydrogen-bond donors (Lipinski definition) is 0. The summed E-state index contributed by atoms with van der Waals surface area (Å²) in [5, 5.41) is 0. The van der Waals surface area contributed by atoms with E-state index in [1.165, 1.54) is 6.20 Å². The molecule has 2 rings (SSSR count). The molecule has 12 heavy (non-hydrogen) atoms. The van der Waals surface area contributed by atoms with Crippen LogP contribution in [0.1, 0.15) is 30.0 Å². The van der Waals surface area contributed by atoms with Crippen LogP contribution in [-0.4, -0.2) is 15.9 Å². The third-order valence-corrected chi connectivity index (χ3v) is 1.81. The van der Waals surface area contributed by atoms with Gasteiger partial charge in [-0.25, -0.2) is 9.78 Å². The van der Waals surface area contributed by atoms with E-state index in [1.54, 1.807) is 20.0 Å². The van der Waals surface area contributed by atoms with Crippen molar-refractivity contribution < 1.29 is 9.53 Å². The lowest BCUT2D eigenvalue weighted by Gasteiger charge is -2.15. The predicted molar refractivity (Wildman–Crippen MR) is 40.5 cm³/mol. The Kier molecular flexibility index (Phi) is 1.22. The minimum Gasteiger partial charge on any atom is -0.448 e. The molecule has 0 radical (unpaired) electrons. The Hall–Kier alpha value is -1.45. The molecule has 0 saturated carbocycles. The van der Waals surface area contributed by atoms with Gasteiger partial charge in [0.05, 0.1) is 0 Å². The molecule has 4 heteroatoms. The number of ether oxygens (including phenoxy) is 1. The lowest BCUT2D eigenvalue weighted by Crippen LogP contribution is -2.17. The molecule has 0 saturated heterocycles. The summed E-state index contributed by atoms with van der Waals surface area (Å²) in [4.78, 5) is 19.1. The summed E-state index contributed by atoms with van der Waals surface area (Å²) in [6.07, 6.45) is 3.05. The average Bonchev–Trinajstić information content (AvgIpc) is 2.25. The van der Waals surface area contributed by atoms with Gasteiger partial charge in [0.25, 0.3) is 0 Å². The molecule has 62 valence electrons. The number of aromatic nitrogens is 2. The summed E-state index contributed by atoms with van der Waals surface area (Å²) >= 11 is 0. The van der Waals surface area contributed by atoms with Gasteiger partial charge in [0.1, 0.15) is 5.69 Å². The van der Waals surface area contributed by atoms with E-state index in [0.29, 0.717) is 11.4 Å². The van der Waals surface area contributed by atoms with Crippen LogP contribution in [0.2, 0.25) is 0 Å².